The number of nitrogens with zero attached hydrogens (tertiary/aromatic N) is 6. The zero-order valence-corrected chi connectivity index (χ0v) is 75.2. The molecule has 0 aliphatic heterocycles. The van der Waals surface area contributed by atoms with Gasteiger partial charge in [0.1, 0.15) is 23.1 Å². The maximum Gasteiger partial charge on any atom is 0.159 e. The molecule has 0 saturated carbocycles. The molecule has 0 aliphatic carbocycles. The number of anilines is 6. The molecule has 0 radical (unpaired) electrons. The molecule has 17 rings (SSSR count). The van der Waals surface area contributed by atoms with Gasteiger partial charge in [-0.25, -0.2) is 9.97 Å². The molecule has 10 nitrogen and oxygen atoms in total. The van der Waals surface area contributed by atoms with Gasteiger partial charge in [-0.3, -0.25) is 9.97 Å². The van der Waals surface area contributed by atoms with E-state index in [0.717, 1.165) is 134 Å². The van der Waals surface area contributed by atoms with E-state index in [1.807, 2.05) is 122 Å². The number of furan rings is 2. The number of hydrogen-bond donors (Lipinski definition) is 2. The van der Waals surface area contributed by atoms with Crippen molar-refractivity contribution in [2.24, 2.45) is 0 Å². The molecule has 2 N–H and O–H groups in total. The van der Waals surface area contributed by atoms with Crippen LogP contribution < -0.4 is 9.80 Å². The second-order valence-corrected chi connectivity index (χ2v) is 35.1. The van der Waals surface area contributed by atoms with E-state index < -0.39 is 0 Å². The van der Waals surface area contributed by atoms with Crippen molar-refractivity contribution in [3.05, 3.63) is 362 Å². The van der Waals surface area contributed by atoms with E-state index >= 15 is 0 Å². The Morgan fingerprint density at radius 3 is 1.04 bits per heavy atom. The molecule has 0 bridgehead atoms. The minimum Gasteiger partial charge on any atom is -0.507 e. The molecule has 0 atom stereocenters. The van der Waals surface area contributed by atoms with Crippen LogP contribution in [0.25, 0.3) is 123 Å². The van der Waals surface area contributed by atoms with Crippen LogP contribution in [-0.2, 0) is 63.8 Å². The predicted molar refractivity (Wildman–Crippen MR) is 492 cm³/mol. The van der Waals surface area contributed by atoms with Gasteiger partial charge in [-0.05, 0) is 213 Å². The van der Waals surface area contributed by atoms with Gasteiger partial charge >= 0.3 is 0 Å². The van der Waals surface area contributed by atoms with Gasteiger partial charge < -0.3 is 28.8 Å². The predicted octanol–water partition coefficient (Wildman–Crippen LogP) is 29.7. The normalized spacial score (nSPS) is 11.7. The Labute approximate surface area is 740 Å². The quantitative estimate of drug-likeness (QED) is 0.0904. The number of para-hydroxylation sites is 2. The number of rotatable bonds is 16. The number of fused-ring (bicyclic) bond motifs is 2. The van der Waals surface area contributed by atoms with Crippen LogP contribution in [0.5, 0.6) is 11.5 Å². The number of hydrogen-bond acceptors (Lipinski definition) is 10. The van der Waals surface area contributed by atoms with Crippen LogP contribution in [0.15, 0.2) is 331 Å². The van der Waals surface area contributed by atoms with E-state index in [9.17, 15) is 10.2 Å². The first-order chi connectivity index (χ1) is 57.2. The Hall–Kier alpha value is -12.3. The fourth-order valence-electron chi connectivity index (χ4n) is 15.5. The Balaban J connectivity index is 0.000000195. The van der Waals surface area contributed by atoms with Gasteiger partial charge in [0, 0.05) is 82.0 Å². The molecule has 6 heterocycles. The molecule has 6 aromatic heterocycles. The van der Waals surface area contributed by atoms with Crippen molar-refractivity contribution in [1.82, 2.24) is 19.9 Å². The van der Waals surface area contributed by atoms with E-state index in [1.54, 1.807) is 24.7 Å². The molecule has 11 aromatic carbocycles. The molecule has 0 unspecified atom stereocenters. The molecule has 121 heavy (non-hydrogen) atoms. The number of aromatic nitrogens is 4. The number of aromatic hydroxyl groups is 2. The van der Waals surface area contributed by atoms with Gasteiger partial charge in [0.25, 0.3) is 0 Å². The smallest absolute Gasteiger partial charge is 0.159 e. The molecule has 610 valence electrons. The summed E-state index contributed by atoms with van der Waals surface area (Å²) in [6.07, 6.45) is 7.17. The summed E-state index contributed by atoms with van der Waals surface area (Å²) in [5.41, 5.74) is 27.2. The molecule has 17 aromatic rings. The van der Waals surface area contributed by atoms with Crippen LogP contribution in [0.2, 0.25) is 0 Å². The Bertz CT molecular complexity index is 6470. The summed E-state index contributed by atoms with van der Waals surface area (Å²) in [4.78, 5) is 24.6. The molecule has 0 saturated heterocycles. The van der Waals surface area contributed by atoms with Crippen LogP contribution in [0.4, 0.5) is 34.4 Å². The minimum atomic E-state index is -0.0687. The van der Waals surface area contributed by atoms with Gasteiger partial charge in [-0.2, -0.15) is 0 Å². The summed E-state index contributed by atoms with van der Waals surface area (Å²) in [7, 11) is 0. The van der Waals surface area contributed by atoms with E-state index in [4.69, 9.17) is 28.8 Å². The van der Waals surface area contributed by atoms with E-state index in [0.29, 0.717) is 28.3 Å². The molecule has 12 heteroatoms. The fraction of sp³-hybridized carbons (Fsp3) is 0.174. The van der Waals surface area contributed by atoms with Gasteiger partial charge in [-0.15, -0.1) is 59.7 Å². The summed E-state index contributed by atoms with van der Waals surface area (Å²) in [6.45, 7) is 31.5. The zero-order chi connectivity index (χ0) is 83.1. The number of phenols is 2. The SMILES string of the molecule is CC(C)(C)c1cc(-c2cc(-c3[c-]c(N(c4ccccn4)c4c(-c5ccccc5)cc(-c5ccccc5)c5ccoc45)ccc3)nc(-c3ccccc3O)c2)cc(C(C)(C)C)c1.CC(C)c1cc(-c2ccccc2)c2ccoc2c1N(c1[c-]c(-c2cc(-c3cc(C(C)(C)C)cc(C(C)(C)C)c3)cc(-c3ccccc3O)n2)ccc1)c1ccccn1.[Pt].[Pt]. The van der Waals surface area contributed by atoms with Gasteiger partial charge in [-0.1, -0.05) is 273 Å². The van der Waals surface area contributed by atoms with Crippen molar-refractivity contribution in [3.63, 3.8) is 0 Å². The Kier molecular flexibility index (Phi) is 24.7. The first-order valence-corrected chi connectivity index (χ1v) is 40.8. The number of pyridine rings is 4. The molecule has 0 spiro atoms. The maximum absolute atomic E-state index is 11.2. The average molecular weight is 1950 g/mol. The van der Waals surface area contributed by atoms with Crippen LogP contribution in [0, 0.1) is 12.1 Å². The third-order valence-electron chi connectivity index (χ3n) is 22.1. The summed E-state index contributed by atoms with van der Waals surface area (Å²) < 4.78 is 12.9. The summed E-state index contributed by atoms with van der Waals surface area (Å²) in [6, 6.07) is 109. The van der Waals surface area contributed by atoms with E-state index in [-0.39, 0.29) is 81.2 Å². The second-order valence-electron chi connectivity index (χ2n) is 35.1. The largest absolute Gasteiger partial charge is 0.507 e. The number of benzene rings is 11. The molecular formula is C109H98N6O4Pt2-2. The first kappa shape index (κ1) is 85.1. The van der Waals surface area contributed by atoms with Crippen molar-refractivity contribution in [1.29, 1.82) is 0 Å². The van der Waals surface area contributed by atoms with Crippen molar-refractivity contribution in [3.8, 4) is 112 Å². The second kappa shape index (κ2) is 35.2. The maximum atomic E-state index is 11.2. The van der Waals surface area contributed by atoms with Crippen molar-refractivity contribution in [2.45, 2.75) is 125 Å². The summed E-state index contributed by atoms with van der Waals surface area (Å²) in [5, 5.41) is 24.3. The molecule has 0 fully saturated rings. The Morgan fingerprint density at radius 2 is 0.661 bits per heavy atom. The summed E-state index contributed by atoms with van der Waals surface area (Å²) >= 11 is 0. The topological polar surface area (TPSA) is 125 Å². The van der Waals surface area contributed by atoms with E-state index in [1.165, 1.54) is 22.3 Å². The minimum absolute atomic E-state index is 0. The van der Waals surface area contributed by atoms with E-state index in [2.05, 4.69) is 295 Å². The van der Waals surface area contributed by atoms with Gasteiger partial charge in [0.15, 0.2) is 11.2 Å². The Morgan fingerprint density at radius 1 is 0.314 bits per heavy atom. The van der Waals surface area contributed by atoms with Crippen LogP contribution in [-0.4, -0.2) is 30.1 Å². The average Bonchev–Trinajstić information content (AvgIpc) is 1.71. The van der Waals surface area contributed by atoms with Crippen molar-refractivity contribution >= 4 is 56.3 Å². The van der Waals surface area contributed by atoms with Crippen molar-refractivity contribution < 1.29 is 61.2 Å². The van der Waals surface area contributed by atoms with Crippen molar-refractivity contribution in [2.75, 3.05) is 9.80 Å². The standard InChI is InChI=1S/C56H48N3O2.C53H50N3O2.2Pt/c1-55(2,3)42-30-40(31-43(35-42)56(4,5)6)41-33-49(58-50(34-41)46-24-13-14-25-51(46)60)39-22-17-23-44(32-39)59(52-26-15-16-28-57-52)53-48(38-20-11-8-12-21-38)36-47(37-18-9-7-10-19-37)45-27-29-61-54(45)53;1-34(2)44-33-45(35-17-10-9-11-18-35)42-24-26-58-51(42)50(44)56(49-23-14-15-25-54-49)41-20-16-19-36(29-41)46-30-38(31-47(55-46)43-21-12-13-22-48(43)57)37-27-39(52(3,4)5)32-40(28-37)53(6,7)8;;/h7-31,33-36,60H,1-6H3;9-28,30-34,57H,1-8H3;;/q2*-1;;. The fourth-order valence-corrected chi connectivity index (χ4v) is 15.5. The van der Waals surface area contributed by atoms with Gasteiger partial charge in [0.05, 0.1) is 35.3 Å². The zero-order valence-electron chi connectivity index (χ0n) is 70.7. The molecule has 0 aliphatic rings. The van der Waals surface area contributed by atoms with Gasteiger partial charge in [0.2, 0.25) is 0 Å². The molecule has 0 amide bonds. The first-order valence-electron chi connectivity index (χ1n) is 40.8. The van der Waals surface area contributed by atoms with Crippen LogP contribution >= 0.6 is 0 Å². The molecular weight excluding hydrogens is 1850 g/mol. The summed E-state index contributed by atoms with van der Waals surface area (Å²) in [5.74, 6) is 1.96. The monoisotopic (exact) mass is 1940 g/mol. The third kappa shape index (κ3) is 18.1. The van der Waals surface area contributed by atoms with Crippen LogP contribution in [0.1, 0.15) is 131 Å². The van der Waals surface area contributed by atoms with Crippen LogP contribution in [0.3, 0.4) is 0 Å². The number of phenolic OH excluding ortho intramolecular Hbond substituents is 2. The third-order valence-corrected chi connectivity index (χ3v) is 22.1.